The maximum atomic E-state index is 11.5. The van der Waals surface area contributed by atoms with Crippen molar-refractivity contribution in [3.8, 4) is 0 Å². The van der Waals surface area contributed by atoms with E-state index >= 15 is 0 Å². The van der Waals surface area contributed by atoms with Gasteiger partial charge in [0, 0.05) is 36.4 Å². The first-order valence-corrected chi connectivity index (χ1v) is 21.3. The summed E-state index contributed by atoms with van der Waals surface area (Å²) in [6, 6.07) is 36.7. The Balaban J connectivity index is 0. The topological polar surface area (TPSA) is 293 Å². The molecule has 0 saturated heterocycles. The molecule has 5 aromatic rings. The van der Waals surface area contributed by atoms with Crippen LogP contribution in [-0.4, -0.2) is 84.2 Å². The Kier molecular flexibility index (Phi) is 32.0. The minimum absolute atomic E-state index is 0. The first kappa shape index (κ1) is 62.4. The molecule has 25 heteroatoms. The SMILES string of the molecule is O=C(O)CNC(CO)(CO)CO.O=S(=O)([O-])c1cccc([PH+](c2cccc(SOO[O-])c2)c2cccc(S(=O)(=O)[O-])c2)c1.[NH-]N(c1ccccc1)c1ccccc1.[Na+].[Na+].[Na+].[Tc]. The van der Waals surface area contributed by atoms with Crippen molar-refractivity contribution in [1.82, 2.24) is 5.32 Å². The number of benzene rings is 5. The molecule has 6 N–H and O–H groups in total. The van der Waals surface area contributed by atoms with E-state index in [4.69, 9.17) is 26.3 Å². The molecule has 0 spiro atoms. The van der Waals surface area contributed by atoms with Crippen LogP contribution in [0.2, 0.25) is 0 Å². The van der Waals surface area contributed by atoms with Crippen molar-refractivity contribution < 1.29 is 175 Å². The van der Waals surface area contributed by atoms with Gasteiger partial charge < -0.3 is 45.6 Å². The number of para-hydroxylation sites is 2. The van der Waals surface area contributed by atoms with Crippen LogP contribution in [0.5, 0.6) is 0 Å². The molecular weight excluding hydrogens is 993 g/mol. The Morgan fingerprint density at radius 1 is 0.689 bits per heavy atom. The molecule has 0 heterocycles. The van der Waals surface area contributed by atoms with Crippen LogP contribution >= 0.6 is 20.0 Å². The van der Waals surface area contributed by atoms with Gasteiger partial charge in [-0.2, -0.15) is 4.33 Å². The second kappa shape index (κ2) is 31.3. The Morgan fingerprint density at radius 2 is 1.08 bits per heavy atom. The first-order valence-electron chi connectivity index (χ1n) is 16.2. The molecule has 17 nitrogen and oxygen atoms in total. The van der Waals surface area contributed by atoms with Crippen molar-refractivity contribution in [2.24, 2.45) is 0 Å². The van der Waals surface area contributed by atoms with Crippen molar-refractivity contribution in [2.75, 3.05) is 31.4 Å². The van der Waals surface area contributed by atoms with E-state index in [2.05, 4.69) is 14.7 Å². The smallest absolute Gasteiger partial charge is 0.744 e. The summed E-state index contributed by atoms with van der Waals surface area (Å²) in [7, 11) is -11.5. The molecule has 5 rings (SSSR count). The molecule has 5 aromatic carbocycles. The van der Waals surface area contributed by atoms with Crippen LogP contribution in [-0.2, 0) is 54.5 Å². The molecule has 0 fully saturated rings. The number of anilines is 2. The predicted molar refractivity (Wildman–Crippen MR) is 209 cm³/mol. The number of aliphatic hydroxyl groups is 3. The van der Waals surface area contributed by atoms with Crippen LogP contribution in [0.15, 0.2) is 148 Å². The molecule has 0 bridgehead atoms. The number of nitrogens with one attached hydrogen (secondary N) is 2. The van der Waals surface area contributed by atoms with Gasteiger partial charge in [0.25, 0.3) is 0 Å². The number of hydrogen-bond acceptors (Lipinski definition) is 16. The minimum atomic E-state index is -4.73. The largest absolute Gasteiger partial charge is 1.00 e. The van der Waals surface area contributed by atoms with Gasteiger partial charge in [0.2, 0.25) is 0 Å². The van der Waals surface area contributed by atoms with E-state index in [9.17, 15) is 36.0 Å². The standard InChI is InChI=1S/C18H15O9PS3.C12H11N2.C6H13NO5.3Na.Tc/c19-26-27-29-16-7-1-4-13(10-16)28(14-5-2-8-17(11-14)30(20,21)22)15-6-3-9-18(12-15)31(23,24)25;13-14(11-7-3-1-4-8-11)12-9-5-2-6-10-12;8-2-6(3-9,4-10)7-1-5(11)12;;;;/h1-12,19H,(H,20,21,22)(H,23,24,25);1-10,13H;7-10H,1-4H2,(H,11,12);;;;/q;-1;;3*+1;/p-2. The Bertz CT molecular complexity index is 2140. The minimum Gasteiger partial charge on any atom is -0.744 e. The molecule has 0 saturated carbocycles. The summed E-state index contributed by atoms with van der Waals surface area (Å²) in [5.41, 5.74) is 0.440. The summed E-state index contributed by atoms with van der Waals surface area (Å²) in [4.78, 5) is 9.70. The van der Waals surface area contributed by atoms with Gasteiger partial charge in [-0.3, -0.25) is 15.1 Å². The number of aliphatic hydroxyl groups excluding tert-OH is 3. The van der Waals surface area contributed by atoms with E-state index in [0.29, 0.717) is 32.9 Å². The van der Waals surface area contributed by atoms with Crippen molar-refractivity contribution in [1.29, 1.82) is 0 Å². The van der Waals surface area contributed by atoms with Crippen LogP contribution in [0.3, 0.4) is 0 Å². The quantitative estimate of drug-likeness (QED) is 0.0153. The van der Waals surface area contributed by atoms with Crippen LogP contribution in [0.25, 0.3) is 5.84 Å². The zero-order valence-corrected chi connectivity index (χ0v) is 44.3. The Hall–Kier alpha value is -0.701. The molecular formula is C36H37N3Na3O14PS3Tc. The van der Waals surface area contributed by atoms with Crippen LogP contribution < -0.4 is 120 Å². The van der Waals surface area contributed by atoms with E-state index in [-0.39, 0.29) is 109 Å². The molecule has 0 amide bonds. The summed E-state index contributed by atoms with van der Waals surface area (Å²) >= 11 is 0.647. The molecule has 0 aromatic heterocycles. The fourth-order valence-corrected chi connectivity index (χ4v) is 9.21. The van der Waals surface area contributed by atoms with Gasteiger partial charge in [0.1, 0.15) is 36.1 Å². The van der Waals surface area contributed by atoms with E-state index in [1.165, 1.54) is 29.3 Å². The summed E-state index contributed by atoms with van der Waals surface area (Å²) in [6.07, 6.45) is 0. The number of carboxylic acid groups (broad SMARTS) is 1. The van der Waals surface area contributed by atoms with Crippen molar-refractivity contribution in [3.63, 3.8) is 0 Å². The van der Waals surface area contributed by atoms with Gasteiger partial charge in [-0.05, 0) is 78.9 Å². The first-order chi connectivity index (χ1) is 27.1. The second-order valence-corrected chi connectivity index (χ2v) is 17.6. The van der Waals surface area contributed by atoms with Crippen molar-refractivity contribution in [2.45, 2.75) is 20.2 Å². The number of rotatable bonds is 16. The summed E-state index contributed by atoms with van der Waals surface area (Å²) < 4.78 is 73.4. The van der Waals surface area contributed by atoms with E-state index in [1.54, 1.807) is 36.4 Å². The number of hydrogen-bond donors (Lipinski definition) is 5. The molecule has 313 valence electrons. The zero-order chi connectivity index (χ0) is 42.1. The number of carbonyl (C=O) groups is 1. The van der Waals surface area contributed by atoms with Gasteiger partial charge in [-0.1, -0.05) is 54.6 Å². The molecule has 61 heavy (non-hydrogen) atoms. The third-order valence-electron chi connectivity index (χ3n) is 7.65. The van der Waals surface area contributed by atoms with Gasteiger partial charge in [0.15, 0.2) is 0 Å². The maximum absolute atomic E-state index is 11.5. The Labute approximate surface area is 439 Å². The van der Waals surface area contributed by atoms with Crippen LogP contribution in [0, 0.1) is 0 Å². The monoisotopic (exact) mass is 1030 g/mol. The third kappa shape index (κ3) is 21.0. The summed E-state index contributed by atoms with van der Waals surface area (Å²) in [6.45, 7) is -1.98. The summed E-state index contributed by atoms with van der Waals surface area (Å²) in [5.74, 6) is 6.77. The van der Waals surface area contributed by atoms with E-state index < -0.39 is 75.8 Å². The molecule has 0 aliphatic rings. The normalized spacial score (nSPS) is 10.8. The number of nitrogens with zero attached hydrogens (tertiary/aromatic N) is 1. The molecule has 0 aliphatic heterocycles. The molecule has 0 aliphatic carbocycles. The average molecular weight is 1030 g/mol. The predicted octanol–water partition coefficient (Wildman–Crippen LogP) is -7.61. The van der Waals surface area contributed by atoms with Crippen LogP contribution in [0.4, 0.5) is 11.4 Å². The van der Waals surface area contributed by atoms with Crippen molar-refractivity contribution in [3.05, 3.63) is 139 Å². The zero-order valence-electron chi connectivity index (χ0n) is 33.0. The summed E-state index contributed by atoms with van der Waals surface area (Å²) in [5, 5.41) is 53.2. The molecule has 1 radical (unpaired) electrons. The van der Waals surface area contributed by atoms with E-state index in [0.717, 1.165) is 23.5 Å². The third-order valence-corrected chi connectivity index (χ3v) is 12.6. The van der Waals surface area contributed by atoms with Crippen LogP contribution in [0.1, 0.15) is 0 Å². The molecule has 0 unspecified atom stereocenters. The van der Waals surface area contributed by atoms with Crippen molar-refractivity contribution >= 4 is 73.5 Å². The molecule has 0 atom stereocenters. The fraction of sp³-hybridized carbons (Fsp3) is 0.139. The Morgan fingerprint density at radius 3 is 1.44 bits per heavy atom. The maximum Gasteiger partial charge on any atom is 1.00 e. The van der Waals surface area contributed by atoms with E-state index in [1.807, 2.05) is 60.7 Å². The van der Waals surface area contributed by atoms with Gasteiger partial charge in [-0.15, -0.1) is 0 Å². The second-order valence-electron chi connectivity index (χ2n) is 11.6. The fourth-order valence-electron chi connectivity index (χ4n) is 4.75. The van der Waals surface area contributed by atoms with Gasteiger partial charge in [-0.25, -0.2) is 16.8 Å². The number of carboxylic acids is 1. The average Bonchev–Trinajstić information content (AvgIpc) is 3.21. The number of aliphatic carboxylic acids is 1. The van der Waals surface area contributed by atoms with Gasteiger partial charge >= 0.3 is 94.6 Å². The van der Waals surface area contributed by atoms with Gasteiger partial charge in [0.05, 0.1) is 61.7 Å².